The lowest BCUT2D eigenvalue weighted by Crippen LogP contribution is -2.34. The van der Waals surface area contributed by atoms with Crippen molar-refractivity contribution >= 4 is 29.9 Å². The predicted molar refractivity (Wildman–Crippen MR) is 95.9 cm³/mol. The molecule has 0 saturated carbocycles. The Morgan fingerprint density at radius 3 is 2.70 bits per heavy atom. The number of halogens is 1. The van der Waals surface area contributed by atoms with E-state index in [0.29, 0.717) is 12.6 Å². The lowest BCUT2D eigenvalue weighted by molar-refractivity contribution is 0.190. The highest BCUT2D eigenvalue weighted by atomic mass is 127. The summed E-state index contributed by atoms with van der Waals surface area (Å²) in [5.74, 6) is 1.45. The van der Waals surface area contributed by atoms with Gasteiger partial charge in [0, 0.05) is 20.2 Å². The first-order valence-corrected chi connectivity index (χ1v) is 7.47. The average Bonchev–Trinajstić information content (AvgIpc) is 2.41. The van der Waals surface area contributed by atoms with E-state index in [-0.39, 0.29) is 24.0 Å². The molecule has 0 amide bonds. The SMILES string of the molecule is COCCNC(N)=NCCCCN1CCC(C)CC1.I. The first-order valence-electron chi connectivity index (χ1n) is 7.47. The standard InChI is InChI=1S/C14H30N4O.HI/c1-13-5-10-18(11-6-13)9-4-3-7-16-14(15)17-8-12-19-2;/h13H,3-12H2,1-2H3,(H3,15,16,17);1H. The number of hydrogen-bond donors (Lipinski definition) is 2. The molecule has 0 radical (unpaired) electrons. The van der Waals surface area contributed by atoms with Crippen molar-refractivity contribution in [2.45, 2.75) is 32.6 Å². The summed E-state index contributed by atoms with van der Waals surface area (Å²) in [6, 6.07) is 0. The first kappa shape index (κ1) is 19.9. The molecule has 1 heterocycles. The largest absolute Gasteiger partial charge is 0.383 e. The number of rotatable bonds is 8. The molecule has 0 aliphatic carbocycles. The molecule has 6 heteroatoms. The van der Waals surface area contributed by atoms with E-state index < -0.39 is 0 Å². The van der Waals surface area contributed by atoms with Crippen molar-refractivity contribution in [3.63, 3.8) is 0 Å². The van der Waals surface area contributed by atoms with Gasteiger partial charge in [0.05, 0.1) is 6.61 Å². The maximum atomic E-state index is 5.73. The molecule has 3 N–H and O–H groups in total. The summed E-state index contributed by atoms with van der Waals surface area (Å²) in [6.45, 7) is 8.29. The Kier molecular flexibility index (Phi) is 12.6. The Morgan fingerprint density at radius 2 is 2.05 bits per heavy atom. The highest BCUT2D eigenvalue weighted by Gasteiger charge is 2.14. The summed E-state index contributed by atoms with van der Waals surface area (Å²) >= 11 is 0. The van der Waals surface area contributed by atoms with Crippen LogP contribution in [0.2, 0.25) is 0 Å². The van der Waals surface area contributed by atoms with Crippen molar-refractivity contribution in [1.29, 1.82) is 0 Å². The summed E-state index contributed by atoms with van der Waals surface area (Å²) in [6.07, 6.45) is 5.03. The minimum Gasteiger partial charge on any atom is -0.383 e. The number of methoxy groups -OCH3 is 1. The van der Waals surface area contributed by atoms with Gasteiger partial charge >= 0.3 is 0 Å². The van der Waals surface area contributed by atoms with Crippen LogP contribution in [0.3, 0.4) is 0 Å². The van der Waals surface area contributed by atoms with Crippen molar-refractivity contribution < 1.29 is 4.74 Å². The van der Waals surface area contributed by atoms with Gasteiger partial charge in [-0.15, -0.1) is 24.0 Å². The molecular weight excluding hydrogens is 367 g/mol. The van der Waals surface area contributed by atoms with E-state index in [9.17, 15) is 0 Å². The highest BCUT2D eigenvalue weighted by Crippen LogP contribution is 2.16. The van der Waals surface area contributed by atoms with Gasteiger partial charge in [0.25, 0.3) is 0 Å². The molecular formula is C14H31IN4O. The van der Waals surface area contributed by atoms with E-state index in [1.165, 1.54) is 38.9 Å². The maximum absolute atomic E-state index is 5.73. The van der Waals surface area contributed by atoms with Crippen LogP contribution in [0, 0.1) is 5.92 Å². The van der Waals surface area contributed by atoms with Crippen LogP contribution in [0.5, 0.6) is 0 Å². The Labute approximate surface area is 140 Å². The second kappa shape index (κ2) is 12.6. The number of nitrogens with zero attached hydrogens (tertiary/aromatic N) is 2. The fourth-order valence-corrected chi connectivity index (χ4v) is 2.27. The maximum Gasteiger partial charge on any atom is 0.188 e. The van der Waals surface area contributed by atoms with Crippen molar-refractivity contribution in [3.8, 4) is 0 Å². The van der Waals surface area contributed by atoms with E-state index in [0.717, 1.165) is 25.4 Å². The van der Waals surface area contributed by atoms with Gasteiger partial charge in [-0.2, -0.15) is 0 Å². The summed E-state index contributed by atoms with van der Waals surface area (Å²) in [4.78, 5) is 6.87. The number of likely N-dealkylation sites (tertiary alicyclic amines) is 1. The third kappa shape index (κ3) is 9.77. The number of guanidine groups is 1. The minimum absolute atomic E-state index is 0. The molecule has 0 aromatic carbocycles. The van der Waals surface area contributed by atoms with Crippen molar-refractivity contribution in [3.05, 3.63) is 0 Å². The monoisotopic (exact) mass is 398 g/mol. The number of aliphatic imine (C=N–C) groups is 1. The number of unbranched alkanes of at least 4 members (excludes halogenated alkanes) is 1. The van der Waals surface area contributed by atoms with Gasteiger partial charge in [-0.3, -0.25) is 4.99 Å². The minimum atomic E-state index is 0. The average molecular weight is 398 g/mol. The van der Waals surface area contributed by atoms with Gasteiger partial charge in [-0.05, 0) is 51.2 Å². The molecule has 1 saturated heterocycles. The van der Waals surface area contributed by atoms with Crippen molar-refractivity contribution in [2.75, 3.05) is 46.4 Å². The molecule has 0 atom stereocenters. The lowest BCUT2D eigenvalue weighted by Gasteiger charge is -2.30. The van der Waals surface area contributed by atoms with E-state index in [4.69, 9.17) is 10.5 Å². The van der Waals surface area contributed by atoms with Crippen LogP contribution >= 0.6 is 24.0 Å². The zero-order valence-electron chi connectivity index (χ0n) is 12.9. The van der Waals surface area contributed by atoms with Crippen LogP contribution in [-0.4, -0.2) is 57.3 Å². The van der Waals surface area contributed by atoms with Gasteiger partial charge in [0.15, 0.2) is 5.96 Å². The van der Waals surface area contributed by atoms with Crippen LogP contribution in [0.1, 0.15) is 32.6 Å². The fraction of sp³-hybridized carbons (Fsp3) is 0.929. The molecule has 1 rings (SSSR count). The molecule has 1 aliphatic rings. The third-order valence-corrected chi connectivity index (χ3v) is 3.65. The Hall–Kier alpha value is -0.0800. The van der Waals surface area contributed by atoms with Crippen LogP contribution in [0.15, 0.2) is 4.99 Å². The second-order valence-electron chi connectivity index (χ2n) is 5.42. The molecule has 0 aromatic heterocycles. The zero-order chi connectivity index (χ0) is 13.9. The van der Waals surface area contributed by atoms with Gasteiger partial charge in [0.2, 0.25) is 0 Å². The lowest BCUT2D eigenvalue weighted by atomic mass is 9.99. The smallest absolute Gasteiger partial charge is 0.188 e. The van der Waals surface area contributed by atoms with Crippen molar-refractivity contribution in [2.24, 2.45) is 16.6 Å². The van der Waals surface area contributed by atoms with E-state index in [1.807, 2.05) is 0 Å². The molecule has 1 aliphatic heterocycles. The molecule has 0 unspecified atom stereocenters. The second-order valence-corrected chi connectivity index (χ2v) is 5.42. The molecule has 0 aromatic rings. The molecule has 0 spiro atoms. The molecule has 5 nitrogen and oxygen atoms in total. The van der Waals surface area contributed by atoms with Crippen LogP contribution in [0.25, 0.3) is 0 Å². The number of ether oxygens (including phenoxy) is 1. The first-order chi connectivity index (χ1) is 9.22. The van der Waals surface area contributed by atoms with Crippen LogP contribution in [-0.2, 0) is 4.74 Å². The summed E-state index contributed by atoms with van der Waals surface area (Å²) in [5.41, 5.74) is 5.73. The van der Waals surface area contributed by atoms with Gasteiger partial charge < -0.3 is 20.7 Å². The van der Waals surface area contributed by atoms with E-state index >= 15 is 0 Å². The number of nitrogens with two attached hydrogens (primary N) is 1. The van der Waals surface area contributed by atoms with Crippen molar-refractivity contribution in [1.82, 2.24) is 10.2 Å². The zero-order valence-corrected chi connectivity index (χ0v) is 15.3. The number of hydrogen-bond acceptors (Lipinski definition) is 3. The van der Waals surface area contributed by atoms with Crippen LogP contribution in [0.4, 0.5) is 0 Å². The quantitative estimate of drug-likeness (QED) is 0.283. The number of nitrogens with one attached hydrogen (secondary N) is 1. The molecule has 20 heavy (non-hydrogen) atoms. The Morgan fingerprint density at radius 1 is 1.35 bits per heavy atom. The molecule has 0 bridgehead atoms. The fourth-order valence-electron chi connectivity index (χ4n) is 2.27. The summed E-state index contributed by atoms with van der Waals surface area (Å²) in [5, 5.41) is 3.02. The number of piperidine rings is 1. The van der Waals surface area contributed by atoms with Gasteiger partial charge in [0.1, 0.15) is 0 Å². The third-order valence-electron chi connectivity index (χ3n) is 3.65. The van der Waals surface area contributed by atoms with Gasteiger partial charge in [-0.25, -0.2) is 0 Å². The highest BCUT2D eigenvalue weighted by molar-refractivity contribution is 14.0. The molecule has 120 valence electrons. The normalized spacial score (nSPS) is 17.8. The predicted octanol–water partition coefficient (Wildman–Crippen LogP) is 1.67. The van der Waals surface area contributed by atoms with Gasteiger partial charge in [-0.1, -0.05) is 6.92 Å². The summed E-state index contributed by atoms with van der Waals surface area (Å²) in [7, 11) is 1.68. The topological polar surface area (TPSA) is 62.9 Å². The van der Waals surface area contributed by atoms with E-state index in [1.54, 1.807) is 7.11 Å². The Balaban J connectivity index is 0.00000361. The Bertz CT molecular complexity index is 256. The molecule has 1 fully saturated rings. The van der Waals surface area contributed by atoms with Crippen LogP contribution < -0.4 is 11.1 Å². The van der Waals surface area contributed by atoms with E-state index in [2.05, 4.69) is 22.1 Å². The summed E-state index contributed by atoms with van der Waals surface area (Å²) < 4.78 is 4.93.